The normalized spacial score (nSPS) is 11.8. The van der Waals surface area contributed by atoms with Crippen molar-refractivity contribution in [2.45, 2.75) is 13.8 Å². The summed E-state index contributed by atoms with van der Waals surface area (Å²) in [5.74, 6) is -0.158. The lowest BCUT2D eigenvalue weighted by Crippen LogP contribution is -2.20. The molecule has 0 aromatic heterocycles. The Hall–Kier alpha value is -2.02. The Labute approximate surface area is 107 Å². The van der Waals surface area contributed by atoms with Crippen molar-refractivity contribution < 1.29 is 14.3 Å². The zero-order chi connectivity index (χ0) is 13.7. The topological polar surface area (TPSA) is 59.3 Å². The van der Waals surface area contributed by atoms with Crippen molar-refractivity contribution in [3.63, 3.8) is 0 Å². The van der Waals surface area contributed by atoms with Crippen LogP contribution in [0.5, 0.6) is 11.5 Å². The first kappa shape index (κ1) is 14.0. The lowest BCUT2D eigenvalue weighted by molar-refractivity contribution is 0.0918. The summed E-state index contributed by atoms with van der Waals surface area (Å²) in [6.45, 7) is 3.68. The molecule has 0 saturated carbocycles. The molecule has 0 aliphatic rings. The Morgan fingerprint density at radius 2 is 1.72 bits per heavy atom. The molecule has 0 saturated heterocycles. The highest BCUT2D eigenvalue weighted by atomic mass is 16.5. The van der Waals surface area contributed by atoms with Crippen LogP contribution in [0.1, 0.15) is 24.2 Å². The molecule has 0 spiro atoms. The van der Waals surface area contributed by atoms with Crippen molar-refractivity contribution in [2.75, 3.05) is 14.2 Å². The first-order valence-electron chi connectivity index (χ1n) is 5.71. The van der Waals surface area contributed by atoms with Crippen molar-refractivity contribution in [2.24, 2.45) is 11.8 Å². The van der Waals surface area contributed by atoms with E-state index in [0.29, 0.717) is 17.1 Å². The monoisotopic (exact) mass is 247 g/mol. The summed E-state index contributed by atoms with van der Waals surface area (Å²) >= 11 is 0. The standard InChI is InChI=1S/C14H17NO3/c1-9(2)10(8-15)14(16)13-11(17-3)6-5-7-12(13)18-4/h5-7,9-10H,1-4H3. The second-order valence-corrected chi connectivity index (χ2v) is 4.25. The molecule has 1 rings (SSSR count). The molecule has 0 aliphatic carbocycles. The van der Waals surface area contributed by atoms with E-state index in [1.165, 1.54) is 14.2 Å². The van der Waals surface area contributed by atoms with Gasteiger partial charge in [-0.2, -0.15) is 5.26 Å². The molecule has 96 valence electrons. The van der Waals surface area contributed by atoms with E-state index in [4.69, 9.17) is 14.7 Å². The van der Waals surface area contributed by atoms with E-state index in [1.807, 2.05) is 19.9 Å². The van der Waals surface area contributed by atoms with Gasteiger partial charge < -0.3 is 9.47 Å². The molecule has 4 nitrogen and oxygen atoms in total. The van der Waals surface area contributed by atoms with E-state index >= 15 is 0 Å². The SMILES string of the molecule is COc1cccc(OC)c1C(=O)C(C#N)C(C)C. The van der Waals surface area contributed by atoms with Crippen molar-refractivity contribution in [3.05, 3.63) is 23.8 Å². The molecule has 0 amide bonds. The third kappa shape index (κ3) is 2.62. The van der Waals surface area contributed by atoms with Crippen LogP contribution < -0.4 is 9.47 Å². The first-order chi connectivity index (χ1) is 8.56. The van der Waals surface area contributed by atoms with Crippen LogP contribution in [-0.4, -0.2) is 20.0 Å². The number of ether oxygens (including phenoxy) is 2. The van der Waals surface area contributed by atoms with E-state index in [-0.39, 0.29) is 11.7 Å². The van der Waals surface area contributed by atoms with Gasteiger partial charge in [-0.15, -0.1) is 0 Å². The maximum Gasteiger partial charge on any atom is 0.187 e. The summed E-state index contributed by atoms with van der Waals surface area (Å²) in [4.78, 5) is 12.4. The molecule has 0 N–H and O–H groups in total. The van der Waals surface area contributed by atoms with Crippen LogP contribution in [0.4, 0.5) is 0 Å². The van der Waals surface area contributed by atoms with E-state index in [9.17, 15) is 4.79 Å². The Balaban J connectivity index is 3.31. The molecule has 0 aliphatic heterocycles. The minimum Gasteiger partial charge on any atom is -0.496 e. The van der Waals surface area contributed by atoms with Crippen LogP contribution in [0.3, 0.4) is 0 Å². The van der Waals surface area contributed by atoms with Crippen molar-refractivity contribution in [1.82, 2.24) is 0 Å². The largest absolute Gasteiger partial charge is 0.496 e. The molecule has 0 heterocycles. The number of nitrogens with zero attached hydrogens (tertiary/aromatic N) is 1. The van der Waals surface area contributed by atoms with Gasteiger partial charge in [-0.3, -0.25) is 4.79 Å². The molecule has 0 bridgehead atoms. The van der Waals surface area contributed by atoms with Gasteiger partial charge in [0.1, 0.15) is 23.0 Å². The number of rotatable bonds is 5. The van der Waals surface area contributed by atoms with Crippen molar-refractivity contribution in [1.29, 1.82) is 5.26 Å². The second-order valence-electron chi connectivity index (χ2n) is 4.25. The summed E-state index contributed by atoms with van der Waals surface area (Å²) in [5, 5.41) is 9.10. The number of benzene rings is 1. The van der Waals surface area contributed by atoms with Crippen LogP contribution >= 0.6 is 0 Å². The minimum atomic E-state index is -0.699. The maximum atomic E-state index is 12.4. The number of hydrogen-bond donors (Lipinski definition) is 0. The smallest absolute Gasteiger partial charge is 0.187 e. The Morgan fingerprint density at radius 1 is 1.22 bits per heavy atom. The molecule has 1 unspecified atom stereocenters. The fourth-order valence-electron chi connectivity index (χ4n) is 1.76. The van der Waals surface area contributed by atoms with Crippen LogP contribution in [-0.2, 0) is 0 Å². The Bertz CT molecular complexity index is 452. The second kappa shape index (κ2) is 6.06. The molecular formula is C14H17NO3. The van der Waals surface area contributed by atoms with Crippen LogP contribution in [0, 0.1) is 23.2 Å². The molecule has 1 atom stereocenters. The molecule has 4 heteroatoms. The van der Waals surface area contributed by atoms with Crippen molar-refractivity contribution in [3.8, 4) is 17.6 Å². The van der Waals surface area contributed by atoms with Crippen LogP contribution in [0.15, 0.2) is 18.2 Å². The van der Waals surface area contributed by atoms with Gasteiger partial charge in [-0.05, 0) is 18.1 Å². The predicted octanol–water partition coefficient (Wildman–Crippen LogP) is 2.68. The van der Waals surface area contributed by atoms with Gasteiger partial charge in [0.05, 0.1) is 20.3 Å². The average molecular weight is 247 g/mol. The van der Waals surface area contributed by atoms with E-state index in [2.05, 4.69) is 0 Å². The first-order valence-corrected chi connectivity index (χ1v) is 5.71. The van der Waals surface area contributed by atoms with E-state index in [0.717, 1.165) is 0 Å². The minimum absolute atomic E-state index is 0.0582. The number of methoxy groups -OCH3 is 2. The van der Waals surface area contributed by atoms with Crippen LogP contribution in [0.2, 0.25) is 0 Å². The Morgan fingerprint density at radius 3 is 2.06 bits per heavy atom. The zero-order valence-electron chi connectivity index (χ0n) is 11.1. The highest BCUT2D eigenvalue weighted by molar-refractivity contribution is 6.04. The van der Waals surface area contributed by atoms with Gasteiger partial charge in [0.2, 0.25) is 0 Å². The summed E-state index contributed by atoms with van der Waals surface area (Å²) in [5.41, 5.74) is 0.336. The summed E-state index contributed by atoms with van der Waals surface area (Å²) < 4.78 is 10.3. The van der Waals surface area contributed by atoms with Gasteiger partial charge in [0, 0.05) is 0 Å². The maximum absolute atomic E-state index is 12.4. The number of carbonyl (C=O) groups excluding carboxylic acids is 1. The van der Waals surface area contributed by atoms with E-state index in [1.54, 1.807) is 18.2 Å². The quantitative estimate of drug-likeness (QED) is 0.750. The van der Waals surface area contributed by atoms with Gasteiger partial charge in [-0.1, -0.05) is 19.9 Å². The van der Waals surface area contributed by atoms with Gasteiger partial charge in [0.25, 0.3) is 0 Å². The number of nitriles is 1. The van der Waals surface area contributed by atoms with Crippen molar-refractivity contribution >= 4 is 5.78 Å². The fourth-order valence-corrected chi connectivity index (χ4v) is 1.76. The summed E-state index contributed by atoms with van der Waals surface area (Å²) in [6, 6.07) is 7.15. The third-order valence-corrected chi connectivity index (χ3v) is 2.76. The highest BCUT2D eigenvalue weighted by Crippen LogP contribution is 2.32. The van der Waals surface area contributed by atoms with E-state index < -0.39 is 5.92 Å². The summed E-state index contributed by atoms with van der Waals surface area (Å²) in [6.07, 6.45) is 0. The predicted molar refractivity (Wildman–Crippen MR) is 67.8 cm³/mol. The van der Waals surface area contributed by atoms with Gasteiger partial charge in [-0.25, -0.2) is 0 Å². The number of Topliss-reactive ketones (excluding diaryl/α,β-unsaturated/α-hetero) is 1. The number of carbonyl (C=O) groups is 1. The molecule has 0 fully saturated rings. The van der Waals surface area contributed by atoms with Gasteiger partial charge >= 0.3 is 0 Å². The average Bonchev–Trinajstić information content (AvgIpc) is 2.37. The zero-order valence-corrected chi connectivity index (χ0v) is 11.1. The number of hydrogen-bond acceptors (Lipinski definition) is 4. The number of ketones is 1. The third-order valence-electron chi connectivity index (χ3n) is 2.76. The lowest BCUT2D eigenvalue weighted by Gasteiger charge is -2.16. The molecular weight excluding hydrogens is 230 g/mol. The Kier molecular flexibility index (Phi) is 4.73. The van der Waals surface area contributed by atoms with Gasteiger partial charge in [0.15, 0.2) is 5.78 Å². The molecule has 18 heavy (non-hydrogen) atoms. The highest BCUT2D eigenvalue weighted by Gasteiger charge is 2.28. The van der Waals surface area contributed by atoms with Crippen LogP contribution in [0.25, 0.3) is 0 Å². The molecule has 0 radical (unpaired) electrons. The summed E-state index contributed by atoms with van der Waals surface area (Å²) in [7, 11) is 2.98. The fraction of sp³-hybridized carbons (Fsp3) is 0.429. The molecule has 1 aromatic carbocycles. The molecule has 1 aromatic rings. The lowest BCUT2D eigenvalue weighted by atomic mass is 9.88.